The van der Waals surface area contributed by atoms with Crippen molar-refractivity contribution in [1.82, 2.24) is 0 Å². The number of ether oxygens (including phenoxy) is 1. The maximum absolute atomic E-state index is 6.49. The van der Waals surface area contributed by atoms with Crippen LogP contribution in [-0.4, -0.2) is 31.3 Å². The molecule has 1 aliphatic heterocycles. The van der Waals surface area contributed by atoms with Gasteiger partial charge in [-0.15, -0.1) is 0 Å². The molecule has 20 heavy (non-hydrogen) atoms. The van der Waals surface area contributed by atoms with Crippen molar-refractivity contribution in [3.8, 4) is 0 Å². The highest BCUT2D eigenvalue weighted by Crippen LogP contribution is 2.31. The van der Waals surface area contributed by atoms with Gasteiger partial charge in [-0.3, -0.25) is 0 Å². The van der Waals surface area contributed by atoms with E-state index in [0.717, 1.165) is 36.7 Å². The first-order chi connectivity index (χ1) is 9.51. The molecule has 1 heterocycles. The first kappa shape index (κ1) is 15.6. The van der Waals surface area contributed by atoms with E-state index in [1.165, 1.54) is 5.56 Å². The lowest BCUT2D eigenvalue weighted by Crippen LogP contribution is -2.48. The molecule has 0 aromatic heterocycles. The van der Waals surface area contributed by atoms with E-state index in [9.17, 15) is 0 Å². The number of hydrogen-bond acceptors (Lipinski definition) is 3. The molecule has 0 saturated carbocycles. The summed E-state index contributed by atoms with van der Waals surface area (Å²) in [7, 11) is 0. The van der Waals surface area contributed by atoms with Crippen LogP contribution in [0, 0.1) is 0 Å². The number of benzene rings is 1. The SMILES string of the molecule is CCC1COC(C)CN1c1ccc(CC(C)N)cc1Cl. The molecule has 3 atom stereocenters. The number of nitrogens with two attached hydrogens (primary N) is 1. The minimum Gasteiger partial charge on any atom is -0.375 e. The molecule has 1 aromatic rings. The van der Waals surface area contributed by atoms with Gasteiger partial charge in [0.1, 0.15) is 0 Å². The second-order valence-electron chi connectivity index (χ2n) is 5.83. The van der Waals surface area contributed by atoms with Crippen LogP contribution in [0.25, 0.3) is 0 Å². The van der Waals surface area contributed by atoms with Gasteiger partial charge >= 0.3 is 0 Å². The third-order valence-corrected chi connectivity index (χ3v) is 4.12. The summed E-state index contributed by atoms with van der Waals surface area (Å²) in [5.74, 6) is 0. The zero-order chi connectivity index (χ0) is 14.7. The van der Waals surface area contributed by atoms with Gasteiger partial charge < -0.3 is 15.4 Å². The largest absolute Gasteiger partial charge is 0.375 e. The molecule has 3 unspecified atom stereocenters. The molecule has 0 amide bonds. The van der Waals surface area contributed by atoms with Gasteiger partial charge in [-0.25, -0.2) is 0 Å². The normalized spacial score (nSPS) is 24.8. The summed E-state index contributed by atoms with van der Waals surface area (Å²) in [5, 5.41) is 0.815. The fourth-order valence-electron chi connectivity index (χ4n) is 2.76. The smallest absolute Gasteiger partial charge is 0.0723 e. The van der Waals surface area contributed by atoms with Crippen molar-refractivity contribution < 1.29 is 4.74 Å². The lowest BCUT2D eigenvalue weighted by atomic mass is 10.0. The molecular formula is C16H25ClN2O. The molecule has 1 aliphatic rings. The maximum Gasteiger partial charge on any atom is 0.0723 e. The topological polar surface area (TPSA) is 38.5 Å². The standard InChI is InChI=1S/C16H25ClN2O/c1-4-14-10-20-12(3)9-19(14)16-6-5-13(7-11(2)18)8-15(16)17/h5-6,8,11-12,14H,4,7,9-10,18H2,1-3H3. The first-order valence-corrected chi connectivity index (χ1v) is 7.81. The third kappa shape index (κ3) is 3.66. The summed E-state index contributed by atoms with van der Waals surface area (Å²) < 4.78 is 5.75. The minimum absolute atomic E-state index is 0.156. The van der Waals surface area contributed by atoms with Crippen LogP contribution in [-0.2, 0) is 11.2 Å². The van der Waals surface area contributed by atoms with E-state index in [1.807, 2.05) is 13.0 Å². The van der Waals surface area contributed by atoms with Crippen LogP contribution in [0.4, 0.5) is 5.69 Å². The van der Waals surface area contributed by atoms with Gasteiger partial charge in [0.15, 0.2) is 0 Å². The van der Waals surface area contributed by atoms with Gasteiger partial charge in [-0.2, -0.15) is 0 Å². The predicted molar refractivity (Wildman–Crippen MR) is 85.6 cm³/mol. The Hall–Kier alpha value is -0.770. The van der Waals surface area contributed by atoms with Gasteiger partial charge in [-0.1, -0.05) is 24.6 Å². The predicted octanol–water partition coefficient (Wildman–Crippen LogP) is 3.23. The molecule has 1 fully saturated rings. The number of halogens is 1. The molecule has 112 valence electrons. The van der Waals surface area contributed by atoms with Gasteiger partial charge in [0.25, 0.3) is 0 Å². The lowest BCUT2D eigenvalue weighted by molar-refractivity contribution is 0.0300. The molecule has 2 N–H and O–H groups in total. The Balaban J connectivity index is 2.22. The Labute approximate surface area is 127 Å². The summed E-state index contributed by atoms with van der Waals surface area (Å²) in [5.41, 5.74) is 8.16. The summed E-state index contributed by atoms with van der Waals surface area (Å²) >= 11 is 6.49. The Morgan fingerprint density at radius 1 is 1.50 bits per heavy atom. The molecule has 1 saturated heterocycles. The maximum atomic E-state index is 6.49. The van der Waals surface area contributed by atoms with Gasteiger partial charge in [0.2, 0.25) is 0 Å². The van der Waals surface area contributed by atoms with Crippen molar-refractivity contribution in [3.05, 3.63) is 28.8 Å². The van der Waals surface area contributed by atoms with Gasteiger partial charge in [-0.05, 0) is 44.4 Å². The van der Waals surface area contributed by atoms with Crippen LogP contribution in [0.3, 0.4) is 0 Å². The lowest BCUT2D eigenvalue weighted by Gasteiger charge is -2.40. The van der Waals surface area contributed by atoms with Crippen LogP contribution in [0.5, 0.6) is 0 Å². The van der Waals surface area contributed by atoms with E-state index in [-0.39, 0.29) is 12.1 Å². The first-order valence-electron chi connectivity index (χ1n) is 7.43. The van der Waals surface area contributed by atoms with Crippen molar-refractivity contribution in [2.24, 2.45) is 5.73 Å². The molecule has 2 rings (SSSR count). The third-order valence-electron chi connectivity index (χ3n) is 3.82. The van der Waals surface area contributed by atoms with Crippen LogP contribution in [0.2, 0.25) is 5.02 Å². The monoisotopic (exact) mass is 296 g/mol. The zero-order valence-corrected chi connectivity index (χ0v) is 13.4. The fourth-order valence-corrected chi connectivity index (χ4v) is 3.07. The zero-order valence-electron chi connectivity index (χ0n) is 12.6. The van der Waals surface area contributed by atoms with Gasteiger partial charge in [0.05, 0.1) is 29.5 Å². The van der Waals surface area contributed by atoms with Crippen LogP contribution in [0.1, 0.15) is 32.8 Å². The van der Waals surface area contributed by atoms with Gasteiger partial charge in [0, 0.05) is 12.6 Å². The highest BCUT2D eigenvalue weighted by molar-refractivity contribution is 6.33. The van der Waals surface area contributed by atoms with Crippen LogP contribution >= 0.6 is 11.6 Å². The quantitative estimate of drug-likeness (QED) is 0.927. The molecule has 0 bridgehead atoms. The number of anilines is 1. The highest BCUT2D eigenvalue weighted by Gasteiger charge is 2.27. The van der Waals surface area contributed by atoms with E-state index in [4.69, 9.17) is 22.1 Å². The number of hydrogen-bond donors (Lipinski definition) is 1. The van der Waals surface area contributed by atoms with Crippen molar-refractivity contribution in [2.45, 2.75) is 51.8 Å². The fraction of sp³-hybridized carbons (Fsp3) is 0.625. The van der Waals surface area contributed by atoms with E-state index < -0.39 is 0 Å². The molecule has 3 nitrogen and oxygen atoms in total. The van der Waals surface area contributed by atoms with E-state index in [0.29, 0.717) is 6.04 Å². The molecule has 0 spiro atoms. The van der Waals surface area contributed by atoms with Crippen molar-refractivity contribution in [3.63, 3.8) is 0 Å². The van der Waals surface area contributed by atoms with Crippen LogP contribution in [0.15, 0.2) is 18.2 Å². The Kier molecular flexibility index (Phi) is 5.30. The van der Waals surface area contributed by atoms with Crippen molar-refractivity contribution in [1.29, 1.82) is 0 Å². The van der Waals surface area contributed by atoms with Crippen molar-refractivity contribution >= 4 is 17.3 Å². The minimum atomic E-state index is 0.156. The summed E-state index contributed by atoms with van der Waals surface area (Å²) in [6.45, 7) is 7.98. The van der Waals surface area contributed by atoms with E-state index >= 15 is 0 Å². The summed E-state index contributed by atoms with van der Waals surface area (Å²) in [4.78, 5) is 2.38. The van der Waals surface area contributed by atoms with Crippen LogP contribution < -0.4 is 10.6 Å². The Morgan fingerprint density at radius 2 is 2.25 bits per heavy atom. The molecular weight excluding hydrogens is 272 g/mol. The Bertz CT molecular complexity index is 450. The summed E-state index contributed by atoms with van der Waals surface area (Å²) in [6, 6.07) is 6.87. The van der Waals surface area contributed by atoms with E-state index in [2.05, 4.69) is 30.9 Å². The number of morpholine rings is 1. The Morgan fingerprint density at radius 3 is 2.85 bits per heavy atom. The number of rotatable bonds is 4. The molecule has 0 aliphatic carbocycles. The molecule has 1 aromatic carbocycles. The van der Waals surface area contributed by atoms with Crippen molar-refractivity contribution in [2.75, 3.05) is 18.1 Å². The molecule has 0 radical (unpaired) electrons. The average Bonchev–Trinajstić information content (AvgIpc) is 2.38. The second-order valence-corrected chi connectivity index (χ2v) is 6.23. The highest BCUT2D eigenvalue weighted by atomic mass is 35.5. The number of nitrogens with zero attached hydrogens (tertiary/aromatic N) is 1. The average molecular weight is 297 g/mol. The summed E-state index contributed by atoms with van der Waals surface area (Å²) in [6.07, 6.45) is 2.17. The molecule has 4 heteroatoms. The second kappa shape index (κ2) is 6.79. The van der Waals surface area contributed by atoms with E-state index in [1.54, 1.807) is 0 Å².